The molecule has 0 atom stereocenters. The van der Waals surface area contributed by atoms with Crippen LogP contribution >= 0.6 is 0 Å². The average Bonchev–Trinajstić information content (AvgIpc) is 2.70. The van der Waals surface area contributed by atoms with Crippen LogP contribution in [-0.4, -0.2) is 42.7 Å². The van der Waals surface area contributed by atoms with Crippen LogP contribution in [0.3, 0.4) is 0 Å². The third-order valence-electron chi connectivity index (χ3n) is 4.22. The fourth-order valence-electron chi connectivity index (χ4n) is 2.97. The van der Waals surface area contributed by atoms with E-state index in [-0.39, 0.29) is 5.92 Å². The number of methoxy groups -OCH3 is 6. The van der Waals surface area contributed by atoms with Crippen molar-refractivity contribution in [3.63, 3.8) is 0 Å². The van der Waals surface area contributed by atoms with Crippen LogP contribution in [-0.2, 0) is 0 Å². The summed E-state index contributed by atoms with van der Waals surface area (Å²) in [6.45, 7) is 4.30. The highest BCUT2D eigenvalue weighted by Gasteiger charge is 2.25. The van der Waals surface area contributed by atoms with Crippen LogP contribution in [0, 0.1) is 6.92 Å². The number of benzene rings is 2. The largest absolute Gasteiger partial charge is 0.493 e. The Morgan fingerprint density at radius 1 is 0.538 bits per heavy atom. The Labute approximate surface area is 154 Å². The van der Waals surface area contributed by atoms with Crippen molar-refractivity contribution in [1.82, 2.24) is 0 Å². The molecule has 0 fully saturated rings. The topological polar surface area (TPSA) is 55.4 Å². The van der Waals surface area contributed by atoms with Crippen LogP contribution in [0.4, 0.5) is 0 Å². The molecule has 0 unspecified atom stereocenters. The van der Waals surface area contributed by atoms with Gasteiger partial charge in [0, 0.05) is 17.0 Å². The molecule has 0 spiro atoms. The molecule has 6 heteroatoms. The quantitative estimate of drug-likeness (QED) is 0.715. The first-order valence-electron chi connectivity index (χ1n) is 7.98. The van der Waals surface area contributed by atoms with Gasteiger partial charge in [-0.2, -0.15) is 0 Å². The minimum atomic E-state index is -0.306. The van der Waals surface area contributed by atoms with Crippen molar-refractivity contribution >= 4 is 0 Å². The Bertz CT molecular complexity index is 693. The monoisotopic (exact) mass is 361 g/mol. The second-order valence-corrected chi connectivity index (χ2v) is 5.40. The van der Waals surface area contributed by atoms with Gasteiger partial charge in [-0.3, -0.25) is 0 Å². The third-order valence-corrected chi connectivity index (χ3v) is 4.22. The second-order valence-electron chi connectivity index (χ2n) is 5.40. The molecular formula is C20H25O6. The fourth-order valence-corrected chi connectivity index (χ4v) is 2.97. The van der Waals surface area contributed by atoms with Gasteiger partial charge in [0.15, 0.2) is 23.0 Å². The molecule has 0 N–H and O–H groups in total. The standard InChI is InChI=1S/C20H25O6/c1-12(13-8-10-15(21-2)19(25-6)17(13)23-4)14-9-11-16(22-3)20(26-7)18(14)24-5/h8-12H,1H2,2-7H3. The Morgan fingerprint density at radius 3 is 1.15 bits per heavy atom. The highest BCUT2D eigenvalue weighted by molar-refractivity contribution is 5.63. The zero-order valence-electron chi connectivity index (χ0n) is 16.0. The molecule has 0 bridgehead atoms. The van der Waals surface area contributed by atoms with Gasteiger partial charge >= 0.3 is 0 Å². The van der Waals surface area contributed by atoms with E-state index < -0.39 is 0 Å². The van der Waals surface area contributed by atoms with E-state index in [1.165, 1.54) is 0 Å². The van der Waals surface area contributed by atoms with Crippen molar-refractivity contribution in [3.8, 4) is 34.5 Å². The van der Waals surface area contributed by atoms with Gasteiger partial charge in [0.2, 0.25) is 11.5 Å². The zero-order chi connectivity index (χ0) is 19.3. The smallest absolute Gasteiger partial charge is 0.203 e. The van der Waals surface area contributed by atoms with Crippen molar-refractivity contribution in [2.24, 2.45) is 0 Å². The summed E-state index contributed by atoms with van der Waals surface area (Å²) in [6.07, 6.45) is 0. The zero-order valence-corrected chi connectivity index (χ0v) is 16.0. The summed E-state index contributed by atoms with van der Waals surface area (Å²) in [5, 5.41) is 0. The molecule has 0 saturated carbocycles. The van der Waals surface area contributed by atoms with Crippen molar-refractivity contribution in [3.05, 3.63) is 42.3 Å². The average molecular weight is 361 g/mol. The fraction of sp³-hybridized carbons (Fsp3) is 0.350. The molecule has 0 aliphatic heterocycles. The summed E-state index contributed by atoms with van der Waals surface area (Å²) in [5.74, 6) is 3.01. The predicted molar refractivity (Wildman–Crippen MR) is 99.4 cm³/mol. The summed E-state index contributed by atoms with van der Waals surface area (Å²) < 4.78 is 32.8. The second kappa shape index (κ2) is 8.56. The third kappa shape index (κ3) is 3.31. The summed E-state index contributed by atoms with van der Waals surface area (Å²) in [5.41, 5.74) is 1.66. The Hall–Kier alpha value is -2.76. The van der Waals surface area contributed by atoms with Crippen molar-refractivity contribution in [2.75, 3.05) is 42.7 Å². The number of hydrogen-bond donors (Lipinski definition) is 0. The van der Waals surface area contributed by atoms with Crippen molar-refractivity contribution in [2.45, 2.75) is 5.92 Å². The van der Waals surface area contributed by atoms with E-state index in [1.807, 2.05) is 24.3 Å². The van der Waals surface area contributed by atoms with Crippen LogP contribution in [0.1, 0.15) is 17.0 Å². The number of ether oxygens (including phenoxy) is 6. The Morgan fingerprint density at radius 2 is 0.885 bits per heavy atom. The molecule has 1 radical (unpaired) electrons. The van der Waals surface area contributed by atoms with Crippen LogP contribution in [0.2, 0.25) is 0 Å². The summed E-state index contributed by atoms with van der Waals surface area (Å²) in [6, 6.07) is 7.44. The summed E-state index contributed by atoms with van der Waals surface area (Å²) >= 11 is 0. The van der Waals surface area contributed by atoms with Crippen LogP contribution < -0.4 is 28.4 Å². The van der Waals surface area contributed by atoms with E-state index in [0.29, 0.717) is 34.5 Å². The number of hydrogen-bond acceptors (Lipinski definition) is 6. The molecule has 0 aliphatic carbocycles. The molecule has 2 aromatic rings. The first-order valence-corrected chi connectivity index (χ1v) is 7.98. The van der Waals surface area contributed by atoms with Gasteiger partial charge in [-0.05, 0) is 19.1 Å². The van der Waals surface area contributed by atoms with Gasteiger partial charge in [0.05, 0.1) is 42.7 Å². The normalized spacial score (nSPS) is 10.5. The van der Waals surface area contributed by atoms with Crippen LogP contribution in [0.5, 0.6) is 34.5 Å². The van der Waals surface area contributed by atoms with Gasteiger partial charge in [-0.15, -0.1) is 0 Å². The van der Waals surface area contributed by atoms with Crippen LogP contribution in [0.25, 0.3) is 0 Å². The van der Waals surface area contributed by atoms with Gasteiger partial charge < -0.3 is 28.4 Å². The van der Waals surface area contributed by atoms with E-state index in [2.05, 4.69) is 6.92 Å². The predicted octanol–water partition coefficient (Wildman–Crippen LogP) is 3.70. The molecule has 0 aliphatic rings. The molecule has 0 saturated heterocycles. The van der Waals surface area contributed by atoms with E-state index in [1.54, 1.807) is 42.7 Å². The van der Waals surface area contributed by atoms with Crippen molar-refractivity contribution < 1.29 is 28.4 Å². The van der Waals surface area contributed by atoms with E-state index >= 15 is 0 Å². The molecule has 2 rings (SSSR count). The van der Waals surface area contributed by atoms with E-state index in [9.17, 15) is 0 Å². The SMILES string of the molecule is [CH2]C(c1ccc(OC)c(OC)c1OC)c1ccc(OC)c(OC)c1OC. The van der Waals surface area contributed by atoms with Gasteiger partial charge in [0.25, 0.3) is 0 Å². The lowest BCUT2D eigenvalue weighted by Gasteiger charge is -2.23. The van der Waals surface area contributed by atoms with Gasteiger partial charge in [-0.1, -0.05) is 12.1 Å². The Balaban J connectivity index is 2.65. The Kier molecular flexibility index (Phi) is 6.44. The molecule has 0 aromatic heterocycles. The molecule has 2 aromatic carbocycles. The molecule has 141 valence electrons. The number of rotatable bonds is 8. The minimum absolute atomic E-state index is 0.306. The molecule has 0 heterocycles. The maximum atomic E-state index is 5.59. The minimum Gasteiger partial charge on any atom is -0.493 e. The molecule has 0 amide bonds. The lowest BCUT2D eigenvalue weighted by molar-refractivity contribution is 0.319. The lowest BCUT2D eigenvalue weighted by atomic mass is 9.90. The molecule has 6 nitrogen and oxygen atoms in total. The van der Waals surface area contributed by atoms with Gasteiger partial charge in [-0.25, -0.2) is 0 Å². The summed E-state index contributed by atoms with van der Waals surface area (Å²) in [7, 11) is 9.46. The molecule has 26 heavy (non-hydrogen) atoms. The lowest BCUT2D eigenvalue weighted by Crippen LogP contribution is -2.06. The van der Waals surface area contributed by atoms with E-state index in [0.717, 1.165) is 11.1 Å². The molecular weight excluding hydrogens is 336 g/mol. The summed E-state index contributed by atoms with van der Waals surface area (Å²) in [4.78, 5) is 0. The highest BCUT2D eigenvalue weighted by atomic mass is 16.5. The van der Waals surface area contributed by atoms with E-state index in [4.69, 9.17) is 28.4 Å². The first kappa shape index (κ1) is 19.6. The van der Waals surface area contributed by atoms with Crippen molar-refractivity contribution in [1.29, 1.82) is 0 Å². The first-order chi connectivity index (χ1) is 12.6. The van der Waals surface area contributed by atoms with Crippen LogP contribution in [0.15, 0.2) is 24.3 Å². The van der Waals surface area contributed by atoms with Gasteiger partial charge in [0.1, 0.15) is 0 Å². The maximum Gasteiger partial charge on any atom is 0.203 e. The highest BCUT2D eigenvalue weighted by Crippen LogP contribution is 2.48. The maximum absolute atomic E-state index is 5.59.